The van der Waals surface area contributed by atoms with E-state index < -0.39 is 17.9 Å². The number of nitrogens with two attached hydrogens (primary N) is 1. The quantitative estimate of drug-likeness (QED) is 0.782. The topological polar surface area (TPSA) is 106 Å². The molecule has 7 heteroatoms. The number of hydrogen-bond acceptors (Lipinski definition) is 5. The lowest BCUT2D eigenvalue weighted by atomic mass is 10.1. The van der Waals surface area contributed by atoms with Gasteiger partial charge in [0.15, 0.2) is 0 Å². The van der Waals surface area contributed by atoms with E-state index >= 15 is 0 Å². The summed E-state index contributed by atoms with van der Waals surface area (Å²) in [5, 5.41) is 9.04. The number of primary amides is 1. The van der Waals surface area contributed by atoms with Crippen molar-refractivity contribution >= 4 is 17.7 Å². The van der Waals surface area contributed by atoms with Crippen LogP contribution < -0.4 is 10.6 Å². The molecule has 1 unspecified atom stereocenters. The van der Waals surface area contributed by atoms with E-state index in [1.807, 2.05) is 0 Å². The largest absolute Gasteiger partial charge is 0.478 e. The van der Waals surface area contributed by atoms with Gasteiger partial charge in [-0.25, -0.2) is 9.78 Å². The van der Waals surface area contributed by atoms with E-state index in [1.54, 1.807) is 11.8 Å². The third kappa shape index (κ3) is 2.82. The first-order chi connectivity index (χ1) is 8.99. The monoisotopic (exact) mass is 265 g/mol. The second-order valence-corrected chi connectivity index (χ2v) is 4.35. The Balaban J connectivity index is 2.38. The first kappa shape index (κ1) is 13.3. The number of hydrogen-bond donors (Lipinski definition) is 2. The Morgan fingerprint density at radius 3 is 2.89 bits per heavy atom. The summed E-state index contributed by atoms with van der Waals surface area (Å²) in [5.74, 6) is -1.11. The lowest BCUT2D eigenvalue weighted by molar-refractivity contribution is -0.121. The first-order valence-corrected chi connectivity index (χ1v) is 5.84. The number of pyridine rings is 1. The van der Waals surface area contributed by atoms with Gasteiger partial charge in [0.2, 0.25) is 5.91 Å². The maximum atomic E-state index is 11.4. The van der Waals surface area contributed by atoms with Gasteiger partial charge in [0.05, 0.1) is 18.8 Å². The van der Waals surface area contributed by atoms with Crippen molar-refractivity contribution in [3.8, 4) is 0 Å². The van der Waals surface area contributed by atoms with Gasteiger partial charge in [-0.05, 0) is 19.1 Å². The zero-order valence-electron chi connectivity index (χ0n) is 10.5. The van der Waals surface area contributed by atoms with Crippen molar-refractivity contribution in [1.82, 2.24) is 4.98 Å². The number of morpholine rings is 1. The molecule has 0 aliphatic carbocycles. The fourth-order valence-corrected chi connectivity index (χ4v) is 2.04. The van der Waals surface area contributed by atoms with E-state index in [4.69, 9.17) is 15.6 Å². The molecule has 19 heavy (non-hydrogen) atoms. The lowest BCUT2D eigenvalue weighted by Gasteiger charge is -2.34. The van der Waals surface area contributed by atoms with Crippen LogP contribution in [-0.4, -0.2) is 47.8 Å². The smallest absolute Gasteiger partial charge is 0.335 e. The van der Waals surface area contributed by atoms with Crippen molar-refractivity contribution in [2.45, 2.75) is 13.0 Å². The summed E-state index contributed by atoms with van der Waals surface area (Å²) in [5.41, 5.74) is 6.04. The molecule has 0 saturated carbocycles. The van der Waals surface area contributed by atoms with Crippen LogP contribution in [0.1, 0.15) is 16.1 Å². The second-order valence-electron chi connectivity index (χ2n) is 4.35. The van der Waals surface area contributed by atoms with Crippen molar-refractivity contribution in [3.05, 3.63) is 23.4 Å². The van der Waals surface area contributed by atoms with Crippen LogP contribution in [0.25, 0.3) is 0 Å². The molecule has 1 aromatic heterocycles. The van der Waals surface area contributed by atoms with Gasteiger partial charge in [0.25, 0.3) is 0 Å². The van der Waals surface area contributed by atoms with Gasteiger partial charge in [-0.15, -0.1) is 0 Å². The Morgan fingerprint density at radius 2 is 2.26 bits per heavy atom. The molecular formula is C12H15N3O4. The maximum absolute atomic E-state index is 11.4. The number of anilines is 1. The van der Waals surface area contributed by atoms with Gasteiger partial charge in [-0.2, -0.15) is 0 Å². The lowest BCUT2D eigenvalue weighted by Crippen LogP contribution is -2.53. The minimum Gasteiger partial charge on any atom is -0.478 e. The molecule has 102 valence electrons. The number of aromatic nitrogens is 1. The van der Waals surface area contributed by atoms with Crippen LogP contribution in [-0.2, 0) is 9.53 Å². The average Bonchev–Trinajstić information content (AvgIpc) is 2.37. The molecule has 3 N–H and O–H groups in total. The maximum Gasteiger partial charge on any atom is 0.335 e. The number of carboxylic acid groups (broad SMARTS) is 1. The van der Waals surface area contributed by atoms with Gasteiger partial charge < -0.3 is 20.5 Å². The van der Waals surface area contributed by atoms with Crippen LogP contribution >= 0.6 is 0 Å². The van der Waals surface area contributed by atoms with E-state index in [9.17, 15) is 9.59 Å². The van der Waals surface area contributed by atoms with E-state index in [1.165, 1.54) is 12.1 Å². The third-order valence-electron chi connectivity index (χ3n) is 2.94. The molecular weight excluding hydrogens is 250 g/mol. The van der Waals surface area contributed by atoms with Crippen molar-refractivity contribution in [3.63, 3.8) is 0 Å². The number of carboxylic acids is 1. The second kappa shape index (κ2) is 5.23. The van der Waals surface area contributed by atoms with Crippen LogP contribution in [0.2, 0.25) is 0 Å². The predicted octanol–water partition coefficient (Wildman–Crippen LogP) is -0.221. The Morgan fingerprint density at radius 1 is 1.53 bits per heavy atom. The molecule has 1 fully saturated rings. The Bertz CT molecular complexity index is 518. The molecule has 2 heterocycles. The number of aryl methyl sites for hydroxylation is 1. The molecule has 0 spiro atoms. The molecule has 7 nitrogen and oxygen atoms in total. The van der Waals surface area contributed by atoms with Gasteiger partial charge >= 0.3 is 5.97 Å². The molecule has 1 saturated heterocycles. The summed E-state index contributed by atoms with van der Waals surface area (Å²) in [6.45, 7) is 2.79. The standard InChI is InChI=1S/C12H15N3O4/c1-7-4-8(12(17)18)5-10(14-7)15-2-3-19-6-9(15)11(13)16/h4-5,9H,2-3,6H2,1H3,(H2,13,16)(H,17,18). The average molecular weight is 265 g/mol. The molecule has 1 aliphatic rings. The highest BCUT2D eigenvalue weighted by Gasteiger charge is 2.29. The summed E-state index contributed by atoms with van der Waals surface area (Å²) in [6.07, 6.45) is 0. The van der Waals surface area contributed by atoms with Crippen LogP contribution in [0.3, 0.4) is 0 Å². The minimum absolute atomic E-state index is 0.136. The van der Waals surface area contributed by atoms with Gasteiger partial charge in [0, 0.05) is 12.2 Å². The number of aromatic carboxylic acids is 1. The molecule has 1 aromatic rings. The molecule has 1 atom stereocenters. The molecule has 1 aliphatic heterocycles. The van der Waals surface area contributed by atoms with Gasteiger partial charge in [-0.3, -0.25) is 4.79 Å². The first-order valence-electron chi connectivity index (χ1n) is 5.84. The Labute approximate surface area is 110 Å². The molecule has 1 amide bonds. The van der Waals surface area contributed by atoms with E-state index in [0.29, 0.717) is 24.7 Å². The number of carbonyl (C=O) groups is 2. The van der Waals surface area contributed by atoms with Crippen molar-refractivity contribution in [1.29, 1.82) is 0 Å². The SMILES string of the molecule is Cc1cc(C(=O)O)cc(N2CCOCC2C(N)=O)n1. The molecule has 2 rings (SSSR count). The summed E-state index contributed by atoms with van der Waals surface area (Å²) < 4.78 is 5.22. The van der Waals surface area contributed by atoms with E-state index in [2.05, 4.69) is 4.98 Å². The number of rotatable bonds is 3. The van der Waals surface area contributed by atoms with Gasteiger partial charge in [0.1, 0.15) is 11.9 Å². The highest BCUT2D eigenvalue weighted by molar-refractivity contribution is 5.89. The summed E-state index contributed by atoms with van der Waals surface area (Å²) in [7, 11) is 0. The number of ether oxygens (including phenoxy) is 1. The van der Waals surface area contributed by atoms with Crippen LogP contribution in [0.5, 0.6) is 0 Å². The zero-order chi connectivity index (χ0) is 14.0. The van der Waals surface area contributed by atoms with Crippen molar-refractivity contribution in [2.75, 3.05) is 24.7 Å². The molecule has 0 radical (unpaired) electrons. The zero-order valence-corrected chi connectivity index (χ0v) is 10.5. The number of carbonyl (C=O) groups excluding carboxylic acids is 1. The summed E-state index contributed by atoms with van der Waals surface area (Å²) in [6, 6.07) is 2.30. The number of amides is 1. The van der Waals surface area contributed by atoms with Crippen LogP contribution in [0.4, 0.5) is 5.82 Å². The number of nitrogens with zero attached hydrogens (tertiary/aromatic N) is 2. The third-order valence-corrected chi connectivity index (χ3v) is 2.94. The van der Waals surface area contributed by atoms with Crippen molar-refractivity contribution < 1.29 is 19.4 Å². The normalized spacial score (nSPS) is 19.2. The molecule has 0 aromatic carbocycles. The van der Waals surface area contributed by atoms with Crippen LogP contribution in [0, 0.1) is 6.92 Å². The van der Waals surface area contributed by atoms with E-state index in [0.717, 1.165) is 0 Å². The highest BCUT2D eigenvalue weighted by Crippen LogP contribution is 2.20. The predicted molar refractivity (Wildman–Crippen MR) is 67.1 cm³/mol. The van der Waals surface area contributed by atoms with Gasteiger partial charge in [-0.1, -0.05) is 0 Å². The Kier molecular flexibility index (Phi) is 3.66. The highest BCUT2D eigenvalue weighted by atomic mass is 16.5. The van der Waals surface area contributed by atoms with Crippen molar-refractivity contribution in [2.24, 2.45) is 5.73 Å². The minimum atomic E-state index is -1.03. The molecule has 0 bridgehead atoms. The fraction of sp³-hybridized carbons (Fsp3) is 0.417. The Hall–Kier alpha value is -2.15. The summed E-state index contributed by atoms with van der Waals surface area (Å²) in [4.78, 5) is 28.4. The fourth-order valence-electron chi connectivity index (χ4n) is 2.04. The van der Waals surface area contributed by atoms with E-state index in [-0.39, 0.29) is 12.2 Å². The summed E-state index contributed by atoms with van der Waals surface area (Å²) >= 11 is 0. The van der Waals surface area contributed by atoms with Crippen LogP contribution in [0.15, 0.2) is 12.1 Å².